The molecule has 0 bridgehead atoms. The van der Waals surface area contributed by atoms with Crippen LogP contribution in [0.1, 0.15) is 26.2 Å². The van der Waals surface area contributed by atoms with Crippen molar-refractivity contribution in [3.8, 4) is 12.3 Å². The Morgan fingerprint density at radius 3 is 2.53 bits per heavy atom. The number of nitrogens with one attached hydrogen (secondary N) is 1. The minimum Gasteiger partial charge on any atom is -0.481 e. The molecular weight excluding hydrogens is 220 g/mol. The van der Waals surface area contributed by atoms with Gasteiger partial charge in [-0.3, -0.25) is 4.79 Å². The van der Waals surface area contributed by atoms with E-state index in [4.69, 9.17) is 11.5 Å². The van der Waals surface area contributed by atoms with Crippen molar-refractivity contribution >= 4 is 12.0 Å². The molecule has 1 fully saturated rings. The first-order chi connectivity index (χ1) is 8.05. The van der Waals surface area contributed by atoms with E-state index in [-0.39, 0.29) is 19.1 Å². The molecule has 0 atom stereocenters. The van der Waals surface area contributed by atoms with E-state index >= 15 is 0 Å². The highest BCUT2D eigenvalue weighted by Crippen LogP contribution is 2.40. The van der Waals surface area contributed by atoms with Gasteiger partial charge in [-0.25, -0.2) is 4.79 Å². The normalized spacial score (nSPS) is 16.5. The van der Waals surface area contributed by atoms with Gasteiger partial charge in [-0.1, -0.05) is 12.3 Å². The van der Waals surface area contributed by atoms with Crippen LogP contribution in [0.5, 0.6) is 0 Å². The summed E-state index contributed by atoms with van der Waals surface area (Å²) < 4.78 is 0. The number of hydrogen-bond acceptors (Lipinski definition) is 2. The number of carboxylic acids is 1. The van der Waals surface area contributed by atoms with E-state index in [1.807, 2.05) is 6.92 Å². The molecule has 0 aliphatic heterocycles. The molecule has 0 unspecified atom stereocenters. The van der Waals surface area contributed by atoms with Gasteiger partial charge in [0.05, 0.1) is 12.0 Å². The topological polar surface area (TPSA) is 69.6 Å². The minimum absolute atomic E-state index is 0.183. The molecule has 0 aromatic heterocycles. The number of amides is 2. The molecule has 2 N–H and O–H groups in total. The van der Waals surface area contributed by atoms with E-state index in [0.29, 0.717) is 19.4 Å². The van der Waals surface area contributed by atoms with Gasteiger partial charge >= 0.3 is 12.0 Å². The molecule has 0 saturated heterocycles. The summed E-state index contributed by atoms with van der Waals surface area (Å²) in [5, 5.41) is 11.8. The molecule has 0 radical (unpaired) electrons. The molecule has 1 rings (SSSR count). The molecule has 5 heteroatoms. The Hall–Kier alpha value is -1.70. The van der Waals surface area contributed by atoms with Crippen LogP contribution in [0.2, 0.25) is 0 Å². The van der Waals surface area contributed by atoms with Crippen LogP contribution in [0.25, 0.3) is 0 Å². The van der Waals surface area contributed by atoms with Gasteiger partial charge in [0.25, 0.3) is 0 Å². The second-order valence-electron chi connectivity index (χ2n) is 4.32. The molecule has 2 amide bonds. The molecule has 94 valence electrons. The lowest BCUT2D eigenvalue weighted by Crippen LogP contribution is -2.50. The van der Waals surface area contributed by atoms with E-state index < -0.39 is 11.4 Å². The van der Waals surface area contributed by atoms with Crippen molar-refractivity contribution in [2.75, 3.05) is 19.6 Å². The van der Waals surface area contributed by atoms with Crippen LogP contribution < -0.4 is 5.32 Å². The summed E-state index contributed by atoms with van der Waals surface area (Å²) in [6, 6.07) is -0.294. The van der Waals surface area contributed by atoms with Crippen molar-refractivity contribution in [2.24, 2.45) is 5.41 Å². The third-order valence-electron chi connectivity index (χ3n) is 3.29. The van der Waals surface area contributed by atoms with E-state index in [0.717, 1.165) is 6.42 Å². The maximum atomic E-state index is 11.7. The maximum absolute atomic E-state index is 11.7. The maximum Gasteiger partial charge on any atom is 0.318 e. The Bertz CT molecular complexity index is 342. The fourth-order valence-electron chi connectivity index (χ4n) is 1.86. The summed E-state index contributed by atoms with van der Waals surface area (Å²) in [7, 11) is 0. The van der Waals surface area contributed by atoms with Crippen LogP contribution in [0.15, 0.2) is 0 Å². The Balaban J connectivity index is 2.47. The van der Waals surface area contributed by atoms with Gasteiger partial charge in [-0.05, 0) is 19.8 Å². The quantitative estimate of drug-likeness (QED) is 0.699. The van der Waals surface area contributed by atoms with E-state index in [1.165, 1.54) is 4.90 Å². The molecule has 1 aliphatic carbocycles. The predicted molar refractivity (Wildman–Crippen MR) is 63.4 cm³/mol. The number of terminal acetylenes is 1. The highest BCUT2D eigenvalue weighted by molar-refractivity contribution is 5.79. The zero-order valence-electron chi connectivity index (χ0n) is 10.0. The number of nitrogens with zero attached hydrogens (tertiary/aromatic N) is 1. The first-order valence-corrected chi connectivity index (χ1v) is 5.75. The average Bonchev–Trinajstić information content (AvgIpc) is 2.23. The van der Waals surface area contributed by atoms with Crippen molar-refractivity contribution in [1.29, 1.82) is 0 Å². The highest BCUT2D eigenvalue weighted by atomic mass is 16.4. The predicted octanol–water partition coefficient (Wildman–Crippen LogP) is 0.906. The number of rotatable bonds is 5. The summed E-state index contributed by atoms with van der Waals surface area (Å²) in [5.41, 5.74) is -0.759. The van der Waals surface area contributed by atoms with Crippen molar-refractivity contribution in [2.45, 2.75) is 26.2 Å². The van der Waals surface area contributed by atoms with Crippen LogP contribution in [0.3, 0.4) is 0 Å². The van der Waals surface area contributed by atoms with Gasteiger partial charge in [0.2, 0.25) is 0 Å². The molecule has 1 saturated carbocycles. The summed E-state index contributed by atoms with van der Waals surface area (Å²) in [5.74, 6) is 1.57. The van der Waals surface area contributed by atoms with Crippen molar-refractivity contribution in [3.63, 3.8) is 0 Å². The van der Waals surface area contributed by atoms with Crippen LogP contribution in [0, 0.1) is 17.8 Å². The largest absolute Gasteiger partial charge is 0.481 e. The second-order valence-corrected chi connectivity index (χ2v) is 4.32. The summed E-state index contributed by atoms with van der Waals surface area (Å²) in [6.07, 6.45) is 7.31. The smallest absolute Gasteiger partial charge is 0.318 e. The Morgan fingerprint density at radius 2 is 2.18 bits per heavy atom. The van der Waals surface area contributed by atoms with Gasteiger partial charge in [0, 0.05) is 13.1 Å². The number of urea groups is 1. The number of aliphatic carboxylic acids is 1. The highest BCUT2D eigenvalue weighted by Gasteiger charge is 2.44. The van der Waals surface area contributed by atoms with E-state index in [2.05, 4.69) is 11.2 Å². The van der Waals surface area contributed by atoms with E-state index in [9.17, 15) is 9.59 Å². The Labute approximate surface area is 101 Å². The molecule has 1 aliphatic rings. The fraction of sp³-hybridized carbons (Fsp3) is 0.667. The Kier molecular flexibility index (Phi) is 4.38. The zero-order valence-corrected chi connectivity index (χ0v) is 10.0. The van der Waals surface area contributed by atoms with Gasteiger partial charge in [-0.15, -0.1) is 6.42 Å². The molecule has 0 spiro atoms. The lowest BCUT2D eigenvalue weighted by Gasteiger charge is -2.38. The van der Waals surface area contributed by atoms with Gasteiger partial charge in [0.15, 0.2) is 0 Å². The standard InChI is InChI=1S/C12H18N2O3/c1-3-8-14(4-2)11(17)13-9-12(10(15)16)6-5-7-12/h1H,4-9H2,2H3,(H,13,17)(H,15,16). The molecule has 5 nitrogen and oxygen atoms in total. The average molecular weight is 238 g/mol. The van der Waals surface area contributed by atoms with Crippen LogP contribution in [-0.4, -0.2) is 41.6 Å². The number of carbonyl (C=O) groups excluding carboxylic acids is 1. The number of carboxylic acid groups (broad SMARTS) is 1. The molecule has 17 heavy (non-hydrogen) atoms. The van der Waals surface area contributed by atoms with Gasteiger partial charge in [0.1, 0.15) is 0 Å². The minimum atomic E-state index is -0.830. The van der Waals surface area contributed by atoms with Crippen molar-refractivity contribution in [3.05, 3.63) is 0 Å². The number of hydrogen-bond donors (Lipinski definition) is 2. The summed E-state index contributed by atoms with van der Waals surface area (Å²) in [4.78, 5) is 24.3. The molecule has 0 aromatic rings. The van der Waals surface area contributed by atoms with Crippen LogP contribution >= 0.6 is 0 Å². The third kappa shape index (κ3) is 2.90. The van der Waals surface area contributed by atoms with Crippen molar-refractivity contribution in [1.82, 2.24) is 10.2 Å². The summed E-state index contributed by atoms with van der Waals surface area (Å²) >= 11 is 0. The Morgan fingerprint density at radius 1 is 1.53 bits per heavy atom. The van der Waals surface area contributed by atoms with Crippen LogP contribution in [0.4, 0.5) is 4.79 Å². The number of carbonyl (C=O) groups is 2. The second kappa shape index (κ2) is 5.58. The zero-order chi connectivity index (χ0) is 12.9. The third-order valence-corrected chi connectivity index (χ3v) is 3.29. The lowest BCUT2D eigenvalue weighted by atomic mass is 9.69. The van der Waals surface area contributed by atoms with Gasteiger partial charge < -0.3 is 15.3 Å². The SMILES string of the molecule is C#CCN(CC)C(=O)NCC1(C(=O)O)CCC1. The van der Waals surface area contributed by atoms with E-state index in [1.54, 1.807) is 0 Å². The monoisotopic (exact) mass is 238 g/mol. The molecular formula is C12H18N2O3. The fourth-order valence-corrected chi connectivity index (χ4v) is 1.86. The molecule has 0 heterocycles. The van der Waals surface area contributed by atoms with Crippen molar-refractivity contribution < 1.29 is 14.7 Å². The van der Waals surface area contributed by atoms with Gasteiger partial charge in [-0.2, -0.15) is 0 Å². The van der Waals surface area contributed by atoms with Crippen LogP contribution in [-0.2, 0) is 4.79 Å². The molecule has 0 aromatic carbocycles. The summed E-state index contributed by atoms with van der Waals surface area (Å²) in [6.45, 7) is 2.76. The lowest BCUT2D eigenvalue weighted by molar-refractivity contribution is -0.153. The first-order valence-electron chi connectivity index (χ1n) is 5.75. The first kappa shape index (κ1) is 13.4.